The number of benzene rings is 1. The molecule has 2 N–H and O–H groups in total. The van der Waals surface area contributed by atoms with Gasteiger partial charge in [-0.3, -0.25) is 9.59 Å². The Labute approximate surface area is 290 Å². The number of thiazole rings is 1. The number of ketones is 1. The smallest absolute Gasteiger partial charge is 0.344 e. The van der Waals surface area contributed by atoms with Crippen molar-refractivity contribution >= 4 is 40.8 Å². The van der Waals surface area contributed by atoms with Crippen molar-refractivity contribution < 1.29 is 51.6 Å². The van der Waals surface area contributed by atoms with Gasteiger partial charge in [-0.05, 0) is 56.2 Å². The number of azide groups is 1. The summed E-state index contributed by atoms with van der Waals surface area (Å²) in [6, 6.07) is 0. The molecule has 11 nitrogen and oxygen atoms in total. The number of carbonyl (C=O) groups excluding carboxylic acids is 3. The van der Waals surface area contributed by atoms with Crippen LogP contribution in [0.25, 0.3) is 16.5 Å². The number of halogens is 4. The molecule has 4 unspecified atom stereocenters. The summed E-state index contributed by atoms with van der Waals surface area (Å²) < 4.78 is 67.5. The van der Waals surface area contributed by atoms with E-state index in [9.17, 15) is 42.2 Å². The highest BCUT2D eigenvalue weighted by atomic mass is 32.1. The van der Waals surface area contributed by atoms with Gasteiger partial charge in [0.2, 0.25) is 0 Å². The molecule has 2 aromatic rings. The van der Waals surface area contributed by atoms with Gasteiger partial charge in [-0.15, -0.1) is 11.3 Å². The average Bonchev–Trinajstić information content (AvgIpc) is 3.52. The summed E-state index contributed by atoms with van der Waals surface area (Å²) in [5.74, 6) is -12.1. The normalized spacial score (nSPS) is 25.2. The van der Waals surface area contributed by atoms with Crippen LogP contribution in [0.3, 0.4) is 0 Å². The molecule has 3 rings (SSSR count). The van der Waals surface area contributed by atoms with Gasteiger partial charge in [0.25, 0.3) is 0 Å². The molecule has 2 heterocycles. The van der Waals surface area contributed by atoms with Gasteiger partial charge in [0, 0.05) is 22.6 Å². The van der Waals surface area contributed by atoms with E-state index in [1.807, 2.05) is 19.9 Å². The van der Waals surface area contributed by atoms with E-state index in [0.717, 1.165) is 23.3 Å². The zero-order chi connectivity index (χ0) is 37.5. The van der Waals surface area contributed by atoms with E-state index in [1.165, 1.54) is 13.8 Å². The number of cyclic esters (lactones) is 1. The van der Waals surface area contributed by atoms with Crippen molar-refractivity contribution in [2.75, 3.05) is 0 Å². The molecule has 50 heavy (non-hydrogen) atoms. The standard InChI is InChI=1S/C34H40F4N4O7S/c1-16-8-7-9-17(2)31(45)19(4)32(46)34(5,6)22(43)13-24(44)49-21(11-10-16)18(3)12-20-15-50-23(40-20)14-48-33(47)25-26(35)28(37)30(41-42-39)29(38)27(25)36/h10,12,15,17,19,21-22,31,43,45H,7-9,11,13-14H2,1-6H3/b16-10-,18-12+/t17-,19?,21?,22?,31?/m0/s1. The van der Waals surface area contributed by atoms with Crippen LogP contribution < -0.4 is 0 Å². The summed E-state index contributed by atoms with van der Waals surface area (Å²) in [4.78, 5) is 45.1. The molecule has 1 aromatic heterocycles. The highest BCUT2D eigenvalue weighted by Gasteiger charge is 2.42. The first kappa shape index (κ1) is 40.3. The van der Waals surface area contributed by atoms with Crippen LogP contribution in [-0.2, 0) is 25.7 Å². The van der Waals surface area contributed by atoms with Gasteiger partial charge < -0.3 is 19.7 Å². The first-order valence-corrected chi connectivity index (χ1v) is 16.7. The molecular weight excluding hydrogens is 684 g/mol. The molecule has 1 aliphatic heterocycles. The van der Waals surface area contributed by atoms with Crippen LogP contribution in [0.1, 0.15) is 94.7 Å². The number of hydrogen-bond donors (Lipinski definition) is 2. The van der Waals surface area contributed by atoms with Crippen LogP contribution in [0.2, 0.25) is 0 Å². The summed E-state index contributed by atoms with van der Waals surface area (Å²) in [5, 5.41) is 26.1. The lowest BCUT2D eigenvalue weighted by atomic mass is 9.73. The van der Waals surface area contributed by atoms with Gasteiger partial charge in [-0.2, -0.15) is 0 Å². The average molecular weight is 725 g/mol. The third kappa shape index (κ3) is 9.56. The van der Waals surface area contributed by atoms with Gasteiger partial charge >= 0.3 is 11.9 Å². The number of hydrogen-bond acceptors (Lipinski definition) is 10. The Morgan fingerprint density at radius 2 is 1.82 bits per heavy atom. The first-order valence-electron chi connectivity index (χ1n) is 15.9. The summed E-state index contributed by atoms with van der Waals surface area (Å²) in [6.07, 6.45) is 2.41. The number of ether oxygens (including phenoxy) is 2. The summed E-state index contributed by atoms with van der Waals surface area (Å²) >= 11 is 1.00. The predicted octanol–water partition coefficient (Wildman–Crippen LogP) is 7.81. The zero-order valence-corrected chi connectivity index (χ0v) is 29.3. The number of aliphatic hydroxyl groups is 2. The number of carbonyl (C=O) groups is 3. The number of aliphatic hydroxyl groups excluding tert-OH is 2. The minimum atomic E-state index is -2.09. The molecule has 0 aliphatic carbocycles. The van der Waals surface area contributed by atoms with Crippen molar-refractivity contribution in [1.82, 2.24) is 4.98 Å². The first-order chi connectivity index (χ1) is 23.4. The Bertz CT molecular complexity index is 1690. The molecule has 16 heteroatoms. The highest BCUT2D eigenvalue weighted by molar-refractivity contribution is 7.09. The van der Waals surface area contributed by atoms with Gasteiger partial charge in [0.1, 0.15) is 34.8 Å². The molecule has 0 fully saturated rings. The highest BCUT2D eigenvalue weighted by Crippen LogP contribution is 2.33. The van der Waals surface area contributed by atoms with Crippen molar-refractivity contribution in [2.24, 2.45) is 22.4 Å². The Balaban J connectivity index is 1.81. The minimum absolute atomic E-state index is 0.152. The number of esters is 2. The number of aromatic nitrogens is 1. The van der Waals surface area contributed by atoms with Crippen LogP contribution in [0, 0.1) is 40.5 Å². The van der Waals surface area contributed by atoms with Crippen LogP contribution in [-0.4, -0.2) is 51.2 Å². The van der Waals surface area contributed by atoms with E-state index in [-0.39, 0.29) is 23.1 Å². The Kier molecular flexibility index (Phi) is 13.9. The van der Waals surface area contributed by atoms with Gasteiger partial charge in [-0.1, -0.05) is 44.5 Å². The number of Topliss-reactive ketones (excluding diaryl/α,β-unsaturated/α-hetero) is 1. The second-order valence-electron chi connectivity index (χ2n) is 13.0. The molecule has 0 bridgehead atoms. The van der Waals surface area contributed by atoms with Crippen LogP contribution >= 0.6 is 11.3 Å². The maximum absolute atomic E-state index is 14.4. The third-order valence-corrected chi connectivity index (χ3v) is 9.73. The molecule has 5 atom stereocenters. The molecule has 272 valence electrons. The van der Waals surface area contributed by atoms with Crippen LogP contribution in [0.15, 0.2) is 27.7 Å². The maximum Gasteiger partial charge on any atom is 0.344 e. The van der Waals surface area contributed by atoms with E-state index in [2.05, 4.69) is 15.0 Å². The quantitative estimate of drug-likeness (QED) is 0.0578. The molecular formula is C34H40F4N4O7S. The third-order valence-electron chi connectivity index (χ3n) is 8.89. The van der Waals surface area contributed by atoms with E-state index in [1.54, 1.807) is 25.3 Å². The molecule has 0 radical (unpaired) electrons. The van der Waals surface area contributed by atoms with Crippen molar-refractivity contribution in [3.63, 3.8) is 0 Å². The van der Waals surface area contributed by atoms with E-state index in [4.69, 9.17) is 15.0 Å². The lowest BCUT2D eigenvalue weighted by Gasteiger charge is -2.34. The summed E-state index contributed by atoms with van der Waals surface area (Å²) in [5.41, 5.74) is 5.75. The molecule has 0 saturated carbocycles. The van der Waals surface area contributed by atoms with Gasteiger partial charge in [-0.25, -0.2) is 27.3 Å². The predicted molar refractivity (Wildman–Crippen MR) is 176 cm³/mol. The fourth-order valence-electron chi connectivity index (χ4n) is 5.54. The van der Waals surface area contributed by atoms with Crippen molar-refractivity contribution in [2.45, 2.75) is 98.6 Å². The molecule has 0 spiro atoms. The van der Waals surface area contributed by atoms with Crippen LogP contribution in [0.4, 0.5) is 23.2 Å². The molecule has 1 aromatic carbocycles. The largest absolute Gasteiger partial charge is 0.457 e. The number of rotatable bonds is 6. The van der Waals surface area contributed by atoms with Crippen molar-refractivity contribution in [1.29, 1.82) is 0 Å². The fraction of sp³-hybridized carbons (Fsp3) is 0.529. The minimum Gasteiger partial charge on any atom is -0.457 e. The molecule has 0 saturated heterocycles. The SMILES string of the molecule is C/C1=C/CC(/C(C)=C/c2csc(COC(=O)c3c(F)c(F)c(N=[N+]=[N-])c(F)c3F)n2)OC(=O)CC(O)C(C)(C)C(=O)C(C)C(O)[C@@H](C)CCC1. The number of allylic oxidation sites excluding steroid dienone is 1. The summed E-state index contributed by atoms with van der Waals surface area (Å²) in [6.45, 7) is 9.58. The maximum atomic E-state index is 14.4. The molecule has 1 aliphatic rings. The lowest BCUT2D eigenvalue weighted by Crippen LogP contribution is -2.45. The summed E-state index contributed by atoms with van der Waals surface area (Å²) in [7, 11) is 0. The van der Waals surface area contributed by atoms with E-state index in [0.29, 0.717) is 24.1 Å². The van der Waals surface area contributed by atoms with Gasteiger partial charge in [0.05, 0.1) is 29.7 Å². The zero-order valence-electron chi connectivity index (χ0n) is 28.5. The fourth-order valence-corrected chi connectivity index (χ4v) is 6.21. The molecule has 0 amide bonds. The second kappa shape index (κ2) is 17.2. The Morgan fingerprint density at radius 3 is 2.44 bits per heavy atom. The van der Waals surface area contributed by atoms with Crippen molar-refractivity contribution in [3.05, 3.63) is 72.6 Å². The van der Waals surface area contributed by atoms with E-state index >= 15 is 0 Å². The van der Waals surface area contributed by atoms with E-state index < -0.39 is 89.1 Å². The van der Waals surface area contributed by atoms with Crippen molar-refractivity contribution in [3.8, 4) is 0 Å². The van der Waals surface area contributed by atoms with Crippen LogP contribution in [0.5, 0.6) is 0 Å². The monoisotopic (exact) mass is 724 g/mol. The second-order valence-corrected chi connectivity index (χ2v) is 14.0. The Hall–Kier alpha value is -4.11. The lowest BCUT2D eigenvalue weighted by molar-refractivity contribution is -0.154. The van der Waals surface area contributed by atoms with Gasteiger partial charge in [0.15, 0.2) is 23.3 Å². The number of nitrogens with zero attached hydrogens (tertiary/aromatic N) is 4. The Morgan fingerprint density at radius 1 is 1.18 bits per heavy atom. The topological polar surface area (TPSA) is 172 Å².